The van der Waals surface area contributed by atoms with E-state index in [4.69, 9.17) is 0 Å². The third kappa shape index (κ3) is 2.57. The normalized spacial score (nSPS) is 26.8. The molecule has 1 saturated heterocycles. The number of hydrogen-bond acceptors (Lipinski definition) is 2. The highest BCUT2D eigenvalue weighted by molar-refractivity contribution is 5.82. The van der Waals surface area contributed by atoms with Crippen molar-refractivity contribution in [2.24, 2.45) is 5.92 Å². The molecule has 0 saturated carbocycles. The maximum absolute atomic E-state index is 12.4. The van der Waals surface area contributed by atoms with Gasteiger partial charge in [0.15, 0.2) is 0 Å². The molecule has 0 spiro atoms. The number of likely N-dealkylation sites (N-methyl/N-ethyl adjacent to an activating group) is 1. The Labute approximate surface area is 99.8 Å². The van der Waals surface area contributed by atoms with E-state index in [1.807, 2.05) is 11.9 Å². The molecule has 1 fully saturated rings. The van der Waals surface area contributed by atoms with Gasteiger partial charge < -0.3 is 4.90 Å². The van der Waals surface area contributed by atoms with Crippen LogP contribution in [0.1, 0.15) is 41.0 Å². The monoisotopic (exact) mass is 226 g/mol. The lowest BCUT2D eigenvalue weighted by Crippen LogP contribution is -2.50. The van der Waals surface area contributed by atoms with Crippen LogP contribution < -0.4 is 0 Å². The number of nitrogens with zero attached hydrogens (tertiary/aromatic N) is 2. The molecular formula is C13H26N2O. The Bertz CT molecular complexity index is 250. The van der Waals surface area contributed by atoms with Crippen LogP contribution in [0.25, 0.3) is 0 Å². The summed E-state index contributed by atoms with van der Waals surface area (Å²) in [5.74, 6) is 0.768. The minimum absolute atomic E-state index is 0.0902. The second-order valence-corrected chi connectivity index (χ2v) is 5.59. The van der Waals surface area contributed by atoms with Gasteiger partial charge >= 0.3 is 0 Å². The van der Waals surface area contributed by atoms with Gasteiger partial charge in [-0.25, -0.2) is 0 Å². The molecule has 0 radical (unpaired) electrons. The van der Waals surface area contributed by atoms with Crippen molar-refractivity contribution in [3.05, 3.63) is 0 Å². The number of likely N-dealkylation sites (tertiary alicyclic amines) is 1. The lowest BCUT2D eigenvalue weighted by atomic mass is 10.0. The number of hydrogen-bond donors (Lipinski definition) is 0. The highest BCUT2D eigenvalue weighted by atomic mass is 16.2. The van der Waals surface area contributed by atoms with Crippen LogP contribution >= 0.6 is 0 Å². The molecule has 0 aromatic heterocycles. The van der Waals surface area contributed by atoms with E-state index in [0.29, 0.717) is 12.0 Å². The average molecular weight is 226 g/mol. The molecular weight excluding hydrogens is 200 g/mol. The molecule has 3 nitrogen and oxygen atoms in total. The Kier molecular flexibility index (Phi) is 4.36. The second kappa shape index (κ2) is 5.17. The van der Waals surface area contributed by atoms with Crippen LogP contribution in [0.5, 0.6) is 0 Å². The van der Waals surface area contributed by atoms with Crippen molar-refractivity contribution in [2.75, 3.05) is 13.6 Å². The molecule has 94 valence electrons. The third-order valence-corrected chi connectivity index (χ3v) is 3.78. The highest BCUT2D eigenvalue weighted by Gasteiger charge is 2.39. The zero-order valence-corrected chi connectivity index (χ0v) is 11.5. The van der Waals surface area contributed by atoms with Gasteiger partial charge in [-0.1, -0.05) is 6.92 Å². The minimum Gasteiger partial charge on any atom is -0.342 e. The van der Waals surface area contributed by atoms with Crippen LogP contribution in [0.2, 0.25) is 0 Å². The molecule has 0 bridgehead atoms. The molecule has 0 aromatic carbocycles. The van der Waals surface area contributed by atoms with Crippen molar-refractivity contribution >= 4 is 5.91 Å². The van der Waals surface area contributed by atoms with Gasteiger partial charge in [-0.05, 0) is 46.6 Å². The van der Waals surface area contributed by atoms with Gasteiger partial charge in [0.05, 0.1) is 6.04 Å². The molecule has 1 aliphatic heterocycles. The van der Waals surface area contributed by atoms with Gasteiger partial charge in [-0.15, -0.1) is 0 Å². The summed E-state index contributed by atoms with van der Waals surface area (Å²) in [7, 11) is 1.91. The van der Waals surface area contributed by atoms with E-state index in [1.54, 1.807) is 0 Å². The Morgan fingerprint density at radius 3 is 2.31 bits per heavy atom. The van der Waals surface area contributed by atoms with E-state index in [0.717, 1.165) is 13.0 Å². The zero-order chi connectivity index (χ0) is 12.5. The predicted octanol–water partition coefficient (Wildman–Crippen LogP) is 1.97. The molecule has 16 heavy (non-hydrogen) atoms. The Morgan fingerprint density at radius 1 is 1.31 bits per heavy atom. The number of rotatable bonds is 3. The zero-order valence-electron chi connectivity index (χ0n) is 11.5. The fraction of sp³-hybridized carbons (Fsp3) is 0.923. The van der Waals surface area contributed by atoms with E-state index >= 15 is 0 Å². The van der Waals surface area contributed by atoms with Crippen LogP contribution in [0.4, 0.5) is 0 Å². The summed E-state index contributed by atoms with van der Waals surface area (Å²) < 4.78 is 0. The van der Waals surface area contributed by atoms with E-state index < -0.39 is 0 Å². The highest BCUT2D eigenvalue weighted by Crippen LogP contribution is 2.27. The molecule has 0 aromatic rings. The van der Waals surface area contributed by atoms with Gasteiger partial charge in [0.2, 0.25) is 5.91 Å². The standard InChI is InChI=1S/C13H26N2O/c1-9(2)14(6)13(16)12-11(5)7-8-15(12)10(3)4/h9-12H,7-8H2,1-6H3. The van der Waals surface area contributed by atoms with Crippen molar-refractivity contribution < 1.29 is 4.79 Å². The summed E-state index contributed by atoms with van der Waals surface area (Å²) in [5.41, 5.74) is 0. The SMILES string of the molecule is CC1CCN(C(C)C)C1C(=O)N(C)C(C)C. The first-order valence-corrected chi connectivity index (χ1v) is 6.38. The molecule has 1 amide bonds. The topological polar surface area (TPSA) is 23.6 Å². The van der Waals surface area contributed by atoms with E-state index in [2.05, 4.69) is 39.5 Å². The smallest absolute Gasteiger partial charge is 0.240 e. The fourth-order valence-corrected chi connectivity index (χ4v) is 2.40. The molecule has 0 N–H and O–H groups in total. The average Bonchev–Trinajstić information content (AvgIpc) is 2.57. The van der Waals surface area contributed by atoms with Gasteiger partial charge in [-0.2, -0.15) is 0 Å². The number of carbonyl (C=O) groups excluding carboxylic acids is 1. The predicted molar refractivity (Wildman–Crippen MR) is 67.3 cm³/mol. The van der Waals surface area contributed by atoms with Gasteiger partial charge in [0.25, 0.3) is 0 Å². The van der Waals surface area contributed by atoms with Crippen LogP contribution in [-0.4, -0.2) is 47.4 Å². The number of amides is 1. The molecule has 2 atom stereocenters. The first-order chi connectivity index (χ1) is 7.36. The van der Waals surface area contributed by atoms with Crippen molar-refractivity contribution in [3.8, 4) is 0 Å². The lowest BCUT2D eigenvalue weighted by Gasteiger charge is -2.33. The Hall–Kier alpha value is -0.570. The van der Waals surface area contributed by atoms with Crippen molar-refractivity contribution in [2.45, 2.75) is 59.2 Å². The fourth-order valence-electron chi connectivity index (χ4n) is 2.40. The summed E-state index contributed by atoms with van der Waals surface area (Å²) in [6.45, 7) is 11.7. The van der Waals surface area contributed by atoms with Crippen LogP contribution in [0.15, 0.2) is 0 Å². The second-order valence-electron chi connectivity index (χ2n) is 5.59. The molecule has 0 aliphatic carbocycles. The van der Waals surface area contributed by atoms with Crippen LogP contribution in [-0.2, 0) is 4.79 Å². The van der Waals surface area contributed by atoms with Gasteiger partial charge in [0, 0.05) is 19.1 Å². The van der Waals surface area contributed by atoms with Crippen molar-refractivity contribution in [3.63, 3.8) is 0 Å². The quantitative estimate of drug-likeness (QED) is 0.734. The first-order valence-electron chi connectivity index (χ1n) is 6.38. The molecule has 1 aliphatic rings. The maximum Gasteiger partial charge on any atom is 0.240 e. The Balaban J connectivity index is 2.79. The van der Waals surface area contributed by atoms with E-state index in [1.165, 1.54) is 0 Å². The van der Waals surface area contributed by atoms with Crippen molar-refractivity contribution in [1.29, 1.82) is 0 Å². The summed E-state index contributed by atoms with van der Waals surface area (Å²) in [6, 6.07) is 0.834. The van der Waals surface area contributed by atoms with Crippen LogP contribution in [0.3, 0.4) is 0 Å². The molecule has 1 heterocycles. The number of carbonyl (C=O) groups is 1. The lowest BCUT2D eigenvalue weighted by molar-refractivity contribution is -0.137. The molecule has 3 heteroatoms. The largest absolute Gasteiger partial charge is 0.342 e. The molecule has 2 unspecified atom stereocenters. The van der Waals surface area contributed by atoms with Gasteiger partial charge in [0.1, 0.15) is 0 Å². The van der Waals surface area contributed by atoms with Gasteiger partial charge in [-0.3, -0.25) is 9.69 Å². The summed E-state index contributed by atoms with van der Waals surface area (Å²) in [5, 5.41) is 0. The van der Waals surface area contributed by atoms with E-state index in [-0.39, 0.29) is 18.0 Å². The third-order valence-electron chi connectivity index (χ3n) is 3.78. The summed E-state index contributed by atoms with van der Waals surface area (Å²) in [6.07, 6.45) is 1.14. The first kappa shape index (κ1) is 13.5. The summed E-state index contributed by atoms with van der Waals surface area (Å²) >= 11 is 0. The molecule has 1 rings (SSSR count). The van der Waals surface area contributed by atoms with Crippen LogP contribution in [0, 0.1) is 5.92 Å². The maximum atomic E-state index is 12.4. The van der Waals surface area contributed by atoms with Crippen molar-refractivity contribution in [1.82, 2.24) is 9.80 Å². The minimum atomic E-state index is 0.0902. The Morgan fingerprint density at radius 2 is 1.88 bits per heavy atom. The summed E-state index contributed by atoms with van der Waals surface area (Å²) in [4.78, 5) is 16.6. The van der Waals surface area contributed by atoms with E-state index in [9.17, 15) is 4.79 Å².